The lowest BCUT2D eigenvalue weighted by molar-refractivity contribution is -0.117. The van der Waals surface area contributed by atoms with E-state index in [9.17, 15) is 9.59 Å². The molecule has 0 aromatic heterocycles. The summed E-state index contributed by atoms with van der Waals surface area (Å²) in [6, 6.07) is 14.1. The van der Waals surface area contributed by atoms with Crippen molar-refractivity contribution in [1.29, 1.82) is 0 Å². The first kappa shape index (κ1) is 16.1. The molecule has 0 atom stereocenters. The van der Waals surface area contributed by atoms with Crippen molar-refractivity contribution in [2.24, 2.45) is 5.92 Å². The Labute approximate surface area is 141 Å². The number of ether oxygens (including phenoxy) is 1. The Morgan fingerprint density at radius 3 is 2.12 bits per heavy atom. The van der Waals surface area contributed by atoms with Crippen LogP contribution in [0.4, 0.5) is 11.4 Å². The van der Waals surface area contributed by atoms with Crippen LogP contribution in [0.1, 0.15) is 30.1 Å². The number of hydrogen-bond acceptors (Lipinski definition) is 3. The largest absolute Gasteiger partial charge is 0.494 e. The summed E-state index contributed by atoms with van der Waals surface area (Å²) in [5.41, 5.74) is 1.95. The minimum Gasteiger partial charge on any atom is -0.494 e. The molecule has 1 aliphatic rings. The molecule has 5 nitrogen and oxygen atoms in total. The maximum Gasteiger partial charge on any atom is 0.255 e. The highest BCUT2D eigenvalue weighted by atomic mass is 16.5. The Kier molecular flexibility index (Phi) is 4.79. The van der Waals surface area contributed by atoms with Gasteiger partial charge >= 0.3 is 0 Å². The number of nitrogens with one attached hydrogen (secondary N) is 2. The van der Waals surface area contributed by atoms with Crippen LogP contribution in [0.3, 0.4) is 0 Å². The van der Waals surface area contributed by atoms with Gasteiger partial charge in [-0.2, -0.15) is 0 Å². The summed E-state index contributed by atoms with van der Waals surface area (Å²) < 4.78 is 5.37. The van der Waals surface area contributed by atoms with Crippen LogP contribution in [0.15, 0.2) is 48.5 Å². The Morgan fingerprint density at radius 2 is 1.54 bits per heavy atom. The zero-order valence-electron chi connectivity index (χ0n) is 13.5. The monoisotopic (exact) mass is 324 g/mol. The molecule has 0 radical (unpaired) electrons. The highest BCUT2D eigenvalue weighted by Crippen LogP contribution is 2.30. The van der Waals surface area contributed by atoms with Crippen LogP contribution in [0.25, 0.3) is 0 Å². The lowest BCUT2D eigenvalue weighted by Gasteiger charge is -2.08. The number of carbonyl (C=O) groups is 2. The minimum absolute atomic E-state index is 0.0570. The summed E-state index contributed by atoms with van der Waals surface area (Å²) in [5, 5.41) is 5.69. The Balaban J connectivity index is 1.58. The van der Waals surface area contributed by atoms with Crippen LogP contribution in [0.2, 0.25) is 0 Å². The maximum atomic E-state index is 12.2. The molecule has 0 bridgehead atoms. The number of benzene rings is 2. The lowest BCUT2D eigenvalue weighted by atomic mass is 10.2. The summed E-state index contributed by atoms with van der Waals surface area (Å²) in [7, 11) is 0. The average Bonchev–Trinajstić information content (AvgIpc) is 3.42. The molecule has 1 saturated carbocycles. The molecule has 2 N–H and O–H groups in total. The normalized spacial score (nSPS) is 13.2. The molecule has 0 saturated heterocycles. The van der Waals surface area contributed by atoms with E-state index in [4.69, 9.17) is 4.74 Å². The summed E-state index contributed by atoms with van der Waals surface area (Å²) in [6.45, 7) is 2.53. The SMILES string of the molecule is CCOc1ccc(NC(=O)c2ccc(NC(=O)C3CC3)cc2)cc1. The van der Waals surface area contributed by atoms with Crippen molar-refractivity contribution in [3.8, 4) is 5.75 Å². The Hall–Kier alpha value is -2.82. The van der Waals surface area contributed by atoms with Gasteiger partial charge in [0.25, 0.3) is 5.91 Å². The third-order valence-electron chi connectivity index (χ3n) is 3.79. The van der Waals surface area contributed by atoms with E-state index < -0.39 is 0 Å². The van der Waals surface area contributed by atoms with E-state index in [0.29, 0.717) is 23.5 Å². The van der Waals surface area contributed by atoms with Crippen molar-refractivity contribution in [3.63, 3.8) is 0 Å². The van der Waals surface area contributed by atoms with Crippen LogP contribution in [-0.4, -0.2) is 18.4 Å². The van der Waals surface area contributed by atoms with Gasteiger partial charge in [0.05, 0.1) is 6.61 Å². The van der Waals surface area contributed by atoms with Gasteiger partial charge in [-0.3, -0.25) is 9.59 Å². The maximum absolute atomic E-state index is 12.2. The molecule has 2 amide bonds. The van der Waals surface area contributed by atoms with Gasteiger partial charge in [0, 0.05) is 22.9 Å². The van der Waals surface area contributed by atoms with Gasteiger partial charge in [0.1, 0.15) is 5.75 Å². The molecule has 1 aliphatic carbocycles. The van der Waals surface area contributed by atoms with Crippen molar-refractivity contribution in [3.05, 3.63) is 54.1 Å². The van der Waals surface area contributed by atoms with E-state index in [1.807, 2.05) is 19.1 Å². The predicted molar refractivity (Wildman–Crippen MR) is 93.4 cm³/mol. The Morgan fingerprint density at radius 1 is 0.958 bits per heavy atom. The van der Waals surface area contributed by atoms with Crippen molar-refractivity contribution in [2.45, 2.75) is 19.8 Å². The average molecular weight is 324 g/mol. The molecule has 2 aromatic carbocycles. The summed E-state index contributed by atoms with van der Waals surface area (Å²) >= 11 is 0. The fourth-order valence-corrected chi connectivity index (χ4v) is 2.30. The standard InChI is InChI=1S/C19H20N2O3/c1-2-24-17-11-9-16(10-12-17)21-19(23)14-5-7-15(8-6-14)20-18(22)13-3-4-13/h5-13H,2-4H2,1H3,(H,20,22)(H,21,23). The van der Waals surface area contributed by atoms with E-state index in [-0.39, 0.29) is 17.7 Å². The summed E-state index contributed by atoms with van der Waals surface area (Å²) in [5.74, 6) is 0.791. The summed E-state index contributed by atoms with van der Waals surface area (Å²) in [6.07, 6.45) is 1.93. The number of rotatable bonds is 6. The molecule has 0 spiro atoms. The van der Waals surface area contributed by atoms with E-state index in [1.165, 1.54) is 0 Å². The van der Waals surface area contributed by atoms with Crippen LogP contribution in [0, 0.1) is 5.92 Å². The summed E-state index contributed by atoms with van der Waals surface area (Å²) in [4.78, 5) is 24.0. The highest BCUT2D eigenvalue weighted by Gasteiger charge is 2.29. The zero-order chi connectivity index (χ0) is 16.9. The molecule has 0 unspecified atom stereocenters. The van der Waals surface area contributed by atoms with Crippen molar-refractivity contribution in [2.75, 3.05) is 17.2 Å². The van der Waals surface area contributed by atoms with E-state index in [1.54, 1.807) is 36.4 Å². The van der Waals surface area contributed by atoms with Crippen LogP contribution in [-0.2, 0) is 4.79 Å². The van der Waals surface area contributed by atoms with E-state index in [2.05, 4.69) is 10.6 Å². The number of amides is 2. The smallest absolute Gasteiger partial charge is 0.255 e. The molecule has 2 aromatic rings. The van der Waals surface area contributed by atoms with Crippen molar-refractivity contribution >= 4 is 23.2 Å². The Bertz CT molecular complexity index is 719. The molecule has 0 heterocycles. The first-order valence-corrected chi connectivity index (χ1v) is 8.11. The molecular weight excluding hydrogens is 304 g/mol. The highest BCUT2D eigenvalue weighted by molar-refractivity contribution is 6.04. The minimum atomic E-state index is -0.195. The lowest BCUT2D eigenvalue weighted by Crippen LogP contribution is -2.14. The van der Waals surface area contributed by atoms with Crippen LogP contribution in [0.5, 0.6) is 5.75 Å². The number of carbonyl (C=O) groups excluding carboxylic acids is 2. The third-order valence-corrected chi connectivity index (χ3v) is 3.79. The molecule has 0 aliphatic heterocycles. The molecule has 1 fully saturated rings. The van der Waals surface area contributed by atoms with Gasteiger partial charge in [-0.1, -0.05) is 0 Å². The van der Waals surface area contributed by atoms with E-state index >= 15 is 0 Å². The fraction of sp³-hybridized carbons (Fsp3) is 0.263. The van der Waals surface area contributed by atoms with E-state index in [0.717, 1.165) is 18.6 Å². The topological polar surface area (TPSA) is 67.4 Å². The number of hydrogen-bond donors (Lipinski definition) is 2. The quantitative estimate of drug-likeness (QED) is 0.851. The van der Waals surface area contributed by atoms with Crippen molar-refractivity contribution < 1.29 is 14.3 Å². The van der Waals surface area contributed by atoms with Gasteiger partial charge in [-0.15, -0.1) is 0 Å². The third kappa shape index (κ3) is 4.13. The first-order chi connectivity index (χ1) is 11.7. The molecule has 3 rings (SSSR count). The van der Waals surface area contributed by atoms with Crippen molar-refractivity contribution in [1.82, 2.24) is 0 Å². The van der Waals surface area contributed by atoms with Crippen LogP contribution < -0.4 is 15.4 Å². The van der Waals surface area contributed by atoms with Crippen LogP contribution >= 0.6 is 0 Å². The van der Waals surface area contributed by atoms with Gasteiger partial charge in [0.2, 0.25) is 5.91 Å². The zero-order valence-corrected chi connectivity index (χ0v) is 13.5. The van der Waals surface area contributed by atoms with Gasteiger partial charge in [-0.05, 0) is 68.3 Å². The van der Waals surface area contributed by atoms with Gasteiger partial charge < -0.3 is 15.4 Å². The molecule has 5 heteroatoms. The number of anilines is 2. The molecular formula is C19H20N2O3. The molecule has 124 valence electrons. The van der Waals surface area contributed by atoms with Gasteiger partial charge in [-0.25, -0.2) is 0 Å². The predicted octanol–water partition coefficient (Wildman–Crippen LogP) is 3.69. The molecule has 24 heavy (non-hydrogen) atoms. The van der Waals surface area contributed by atoms with Gasteiger partial charge in [0.15, 0.2) is 0 Å². The second-order valence-corrected chi connectivity index (χ2v) is 5.75. The first-order valence-electron chi connectivity index (χ1n) is 8.11. The second kappa shape index (κ2) is 7.17. The fourth-order valence-electron chi connectivity index (χ4n) is 2.30. The second-order valence-electron chi connectivity index (χ2n) is 5.75.